The van der Waals surface area contributed by atoms with E-state index in [1.54, 1.807) is 6.92 Å². The van der Waals surface area contributed by atoms with E-state index in [2.05, 4.69) is 10.6 Å². The number of aliphatic hydroxyl groups is 1. The molecule has 3 aromatic carbocycles. The van der Waals surface area contributed by atoms with Crippen molar-refractivity contribution in [2.24, 2.45) is 11.8 Å². The van der Waals surface area contributed by atoms with Crippen molar-refractivity contribution in [2.75, 3.05) is 6.61 Å². The number of aliphatic hydroxyl groups excluding tert-OH is 1. The van der Waals surface area contributed by atoms with Crippen LogP contribution in [0.5, 0.6) is 0 Å². The van der Waals surface area contributed by atoms with Gasteiger partial charge in [-0.15, -0.1) is 0 Å². The van der Waals surface area contributed by atoms with Crippen LogP contribution in [0.2, 0.25) is 0 Å². The molecule has 0 heterocycles. The second kappa shape index (κ2) is 12.2. The molecule has 3 N–H and O–H groups in total. The van der Waals surface area contributed by atoms with Crippen LogP contribution in [0.15, 0.2) is 72.8 Å². The van der Waals surface area contributed by atoms with E-state index in [1.165, 1.54) is 12.8 Å². The normalized spacial score (nSPS) is 22.9. The van der Waals surface area contributed by atoms with Gasteiger partial charge in [-0.3, -0.25) is 4.79 Å². The van der Waals surface area contributed by atoms with Crippen molar-refractivity contribution in [3.8, 4) is 0 Å². The van der Waals surface area contributed by atoms with Gasteiger partial charge in [-0.05, 0) is 72.8 Å². The maximum Gasteiger partial charge on any atom is 0.408 e. The largest absolute Gasteiger partial charge is 0.446 e. The molecule has 206 valence electrons. The maximum absolute atomic E-state index is 13.9. The van der Waals surface area contributed by atoms with Gasteiger partial charge in [0, 0.05) is 6.42 Å². The van der Waals surface area contributed by atoms with E-state index >= 15 is 0 Å². The Morgan fingerprint density at radius 1 is 0.974 bits per heavy atom. The Hall–Kier alpha value is -3.38. The van der Waals surface area contributed by atoms with E-state index in [-0.39, 0.29) is 25.0 Å². The Kier molecular flexibility index (Phi) is 8.51. The third kappa shape index (κ3) is 6.62. The van der Waals surface area contributed by atoms with Gasteiger partial charge in [0.1, 0.15) is 11.6 Å². The molecular weight excluding hydrogens is 488 g/mol. The highest BCUT2D eigenvalue weighted by atomic mass is 16.6. The number of alkyl carbamates (subject to hydrolysis) is 1. The number of carbonyl (C=O) groups excluding carboxylic acids is 2. The molecule has 5 rings (SSSR count). The van der Waals surface area contributed by atoms with Crippen LogP contribution in [0.1, 0.15) is 56.6 Å². The minimum atomic E-state index is -1.28. The number of rotatable bonds is 9. The highest BCUT2D eigenvalue weighted by Gasteiger charge is 2.40. The van der Waals surface area contributed by atoms with Gasteiger partial charge in [-0.1, -0.05) is 85.6 Å². The average molecular weight is 529 g/mol. The van der Waals surface area contributed by atoms with Crippen LogP contribution in [-0.2, 0) is 22.4 Å². The Bertz CT molecular complexity index is 1270. The second-order valence-corrected chi connectivity index (χ2v) is 11.6. The number of nitrogens with one attached hydrogen (secondary N) is 2. The monoisotopic (exact) mass is 528 g/mol. The summed E-state index contributed by atoms with van der Waals surface area (Å²) in [4.78, 5) is 27.2. The van der Waals surface area contributed by atoms with Crippen molar-refractivity contribution < 1.29 is 19.4 Å². The standard InChI is InChI=1S/C33H40N2O4/c1-33(21-27-15-8-13-25-12-5-6-16-29(25)27,31(37)34-28(22-36)20-23-9-3-2-4-10-23)35-32(38)39-30-18-17-24-11-7-14-26(30)19-24/h2-6,8-10,12-13,15-16,24,26,28,30,36H,7,11,14,17-22H2,1H3,(H,34,37)(H,35,38). The molecule has 0 spiro atoms. The van der Waals surface area contributed by atoms with Crippen LogP contribution in [0, 0.1) is 11.8 Å². The molecule has 2 saturated carbocycles. The number of ether oxygens (including phenoxy) is 1. The first kappa shape index (κ1) is 27.2. The fourth-order valence-corrected chi connectivity index (χ4v) is 6.53. The molecule has 2 aliphatic carbocycles. The SMILES string of the molecule is CC(Cc1cccc2ccccc12)(NC(=O)OC1CCC2CCCC1C2)C(=O)NC(CO)Cc1ccccc1. The number of hydrogen-bond donors (Lipinski definition) is 3. The van der Waals surface area contributed by atoms with E-state index in [0.29, 0.717) is 12.3 Å². The highest BCUT2D eigenvalue weighted by Crippen LogP contribution is 2.41. The van der Waals surface area contributed by atoms with E-state index in [0.717, 1.165) is 53.5 Å². The van der Waals surface area contributed by atoms with Crippen LogP contribution in [0.3, 0.4) is 0 Å². The molecule has 2 amide bonds. The molecule has 2 aliphatic rings. The molecule has 3 aromatic rings. The van der Waals surface area contributed by atoms with Crippen molar-refractivity contribution in [1.82, 2.24) is 10.6 Å². The quantitative estimate of drug-likeness (QED) is 0.340. The fourth-order valence-electron chi connectivity index (χ4n) is 6.53. The van der Waals surface area contributed by atoms with Gasteiger partial charge in [0.25, 0.3) is 0 Å². The number of carbonyl (C=O) groups is 2. The first-order valence-corrected chi connectivity index (χ1v) is 14.3. The molecule has 0 aliphatic heterocycles. The summed E-state index contributed by atoms with van der Waals surface area (Å²) in [5.41, 5.74) is 0.695. The van der Waals surface area contributed by atoms with Gasteiger partial charge in [0.2, 0.25) is 5.91 Å². The first-order chi connectivity index (χ1) is 18.9. The zero-order valence-electron chi connectivity index (χ0n) is 22.8. The molecule has 0 saturated heterocycles. The molecule has 2 fully saturated rings. The van der Waals surface area contributed by atoms with Crippen molar-refractivity contribution in [3.05, 3.63) is 83.9 Å². The lowest BCUT2D eigenvalue weighted by molar-refractivity contribution is -0.128. The van der Waals surface area contributed by atoms with Crippen molar-refractivity contribution in [1.29, 1.82) is 0 Å². The van der Waals surface area contributed by atoms with Crippen molar-refractivity contribution in [2.45, 2.75) is 76.0 Å². The van der Waals surface area contributed by atoms with Crippen molar-refractivity contribution >= 4 is 22.8 Å². The fraction of sp³-hybridized carbons (Fsp3) is 0.455. The van der Waals surface area contributed by atoms with E-state index < -0.39 is 17.7 Å². The van der Waals surface area contributed by atoms with E-state index in [1.807, 2.05) is 72.8 Å². The minimum absolute atomic E-state index is 0.102. The zero-order valence-corrected chi connectivity index (χ0v) is 22.8. The molecule has 6 heteroatoms. The molecule has 5 atom stereocenters. The van der Waals surface area contributed by atoms with E-state index in [9.17, 15) is 14.7 Å². The predicted octanol–water partition coefficient (Wildman–Crippen LogP) is 5.56. The Balaban J connectivity index is 1.36. The van der Waals surface area contributed by atoms with Gasteiger partial charge in [0.05, 0.1) is 12.6 Å². The molecule has 5 unspecified atom stereocenters. The van der Waals surface area contributed by atoms with Gasteiger partial charge in [-0.25, -0.2) is 4.79 Å². The summed E-state index contributed by atoms with van der Waals surface area (Å²) in [7, 11) is 0. The summed E-state index contributed by atoms with van der Waals surface area (Å²) in [6.07, 6.45) is 6.81. The van der Waals surface area contributed by atoms with E-state index in [4.69, 9.17) is 4.74 Å². The number of amides is 2. The van der Waals surface area contributed by atoms with Gasteiger partial charge in [0.15, 0.2) is 0 Å². The summed E-state index contributed by atoms with van der Waals surface area (Å²) >= 11 is 0. The zero-order chi connectivity index (χ0) is 27.2. The molecule has 39 heavy (non-hydrogen) atoms. The van der Waals surface area contributed by atoms with Crippen LogP contribution >= 0.6 is 0 Å². The van der Waals surface area contributed by atoms with Crippen LogP contribution in [0.4, 0.5) is 4.79 Å². The smallest absolute Gasteiger partial charge is 0.408 e. The maximum atomic E-state index is 13.9. The van der Waals surface area contributed by atoms with Crippen LogP contribution in [-0.4, -0.2) is 41.4 Å². The van der Waals surface area contributed by atoms with Gasteiger partial charge in [-0.2, -0.15) is 0 Å². The third-order valence-corrected chi connectivity index (χ3v) is 8.65. The predicted molar refractivity (Wildman–Crippen MR) is 153 cm³/mol. The topological polar surface area (TPSA) is 87.7 Å². The molecule has 2 bridgehead atoms. The molecule has 0 radical (unpaired) electrons. The lowest BCUT2D eigenvalue weighted by atomic mass is 9.71. The third-order valence-electron chi connectivity index (χ3n) is 8.65. The molecule has 6 nitrogen and oxygen atoms in total. The Morgan fingerprint density at radius 3 is 2.56 bits per heavy atom. The molecular formula is C33H40N2O4. The average Bonchev–Trinajstić information content (AvgIpc) is 2.95. The van der Waals surface area contributed by atoms with Gasteiger partial charge < -0.3 is 20.5 Å². The second-order valence-electron chi connectivity index (χ2n) is 11.6. The van der Waals surface area contributed by atoms with Crippen molar-refractivity contribution in [3.63, 3.8) is 0 Å². The summed E-state index contributed by atoms with van der Waals surface area (Å²) < 4.78 is 6.00. The number of hydrogen-bond acceptors (Lipinski definition) is 4. The molecule has 0 aromatic heterocycles. The van der Waals surface area contributed by atoms with Gasteiger partial charge >= 0.3 is 6.09 Å². The summed E-state index contributed by atoms with van der Waals surface area (Å²) in [5, 5.41) is 18.2. The first-order valence-electron chi connectivity index (χ1n) is 14.3. The Morgan fingerprint density at radius 2 is 1.74 bits per heavy atom. The number of benzene rings is 3. The lowest BCUT2D eigenvalue weighted by Gasteiger charge is -2.40. The summed E-state index contributed by atoms with van der Waals surface area (Å²) in [5.74, 6) is 0.823. The van der Waals surface area contributed by atoms with Crippen LogP contribution < -0.4 is 10.6 Å². The summed E-state index contributed by atoms with van der Waals surface area (Å²) in [6.45, 7) is 1.54. The lowest BCUT2D eigenvalue weighted by Crippen LogP contribution is -2.61. The highest BCUT2D eigenvalue weighted by molar-refractivity contribution is 5.92. The minimum Gasteiger partial charge on any atom is -0.446 e. The summed E-state index contributed by atoms with van der Waals surface area (Å²) in [6, 6.07) is 23.3. The number of fused-ring (bicyclic) bond motifs is 3. The Labute approximate surface area is 231 Å². The van der Waals surface area contributed by atoms with Crippen LogP contribution in [0.25, 0.3) is 10.8 Å².